The van der Waals surface area contributed by atoms with Crippen LogP contribution in [0.2, 0.25) is 0 Å². The Labute approximate surface area is 185 Å². The van der Waals surface area contributed by atoms with E-state index in [-0.39, 0.29) is 17.4 Å². The van der Waals surface area contributed by atoms with Crippen molar-refractivity contribution in [3.05, 3.63) is 11.7 Å². The van der Waals surface area contributed by atoms with Crippen molar-refractivity contribution >= 4 is 15.9 Å². The molecule has 174 valence electrons. The molecule has 2 saturated heterocycles. The van der Waals surface area contributed by atoms with E-state index in [9.17, 15) is 13.2 Å². The number of aryl methyl sites for hydroxylation is 1. The second-order valence-electron chi connectivity index (χ2n) is 9.75. The summed E-state index contributed by atoms with van der Waals surface area (Å²) in [4.78, 5) is 21.9. The minimum Gasteiger partial charge on any atom is -0.341 e. The van der Waals surface area contributed by atoms with Crippen molar-refractivity contribution < 1.29 is 17.7 Å². The first kappa shape index (κ1) is 22.7. The fourth-order valence-corrected chi connectivity index (χ4v) is 5.98. The minimum absolute atomic E-state index is 0.0272. The number of amides is 1. The summed E-state index contributed by atoms with van der Waals surface area (Å²) in [6.07, 6.45) is 7.06. The van der Waals surface area contributed by atoms with Crippen LogP contribution in [0.3, 0.4) is 0 Å². The van der Waals surface area contributed by atoms with Gasteiger partial charge in [-0.1, -0.05) is 12.1 Å². The van der Waals surface area contributed by atoms with Gasteiger partial charge in [-0.2, -0.15) is 4.98 Å². The molecular weight excluding hydrogens is 418 g/mol. The quantitative estimate of drug-likeness (QED) is 0.592. The number of likely N-dealkylation sites (tertiary alicyclic amines) is 1. The Morgan fingerprint density at radius 1 is 1.29 bits per heavy atom. The highest BCUT2D eigenvalue weighted by atomic mass is 32.2. The van der Waals surface area contributed by atoms with Gasteiger partial charge in [0.15, 0.2) is 5.82 Å². The molecule has 1 amide bonds. The Morgan fingerprint density at radius 3 is 2.55 bits per heavy atom. The summed E-state index contributed by atoms with van der Waals surface area (Å²) in [5.74, 6) is 1.99. The van der Waals surface area contributed by atoms with Crippen molar-refractivity contribution in [1.29, 1.82) is 0 Å². The summed E-state index contributed by atoms with van der Waals surface area (Å²) in [5.41, 5.74) is -0.0272. The molecule has 9 nitrogen and oxygen atoms in total. The lowest BCUT2D eigenvalue weighted by Crippen LogP contribution is -2.45. The van der Waals surface area contributed by atoms with Crippen LogP contribution >= 0.6 is 0 Å². The number of hydrogen-bond acceptors (Lipinski definition) is 7. The molecule has 1 aromatic heterocycles. The summed E-state index contributed by atoms with van der Waals surface area (Å²) in [5, 5.41) is 3.97. The lowest BCUT2D eigenvalue weighted by Gasteiger charge is -2.38. The molecule has 1 aliphatic carbocycles. The van der Waals surface area contributed by atoms with Crippen LogP contribution in [0.1, 0.15) is 63.2 Å². The van der Waals surface area contributed by atoms with E-state index in [0.29, 0.717) is 37.3 Å². The predicted octanol–water partition coefficient (Wildman–Crippen LogP) is 1.82. The molecule has 0 N–H and O–H groups in total. The van der Waals surface area contributed by atoms with Crippen molar-refractivity contribution in [3.8, 4) is 0 Å². The molecule has 3 fully saturated rings. The van der Waals surface area contributed by atoms with Crippen LogP contribution in [-0.4, -0.2) is 84.1 Å². The van der Waals surface area contributed by atoms with Gasteiger partial charge in [0, 0.05) is 32.7 Å². The predicted molar refractivity (Wildman–Crippen MR) is 116 cm³/mol. The van der Waals surface area contributed by atoms with Crippen molar-refractivity contribution in [3.63, 3.8) is 0 Å². The van der Waals surface area contributed by atoms with E-state index in [1.165, 1.54) is 19.1 Å². The maximum absolute atomic E-state index is 13.2. The van der Waals surface area contributed by atoms with Gasteiger partial charge in [0.1, 0.15) is 0 Å². The molecule has 0 aromatic carbocycles. The van der Waals surface area contributed by atoms with Crippen molar-refractivity contribution in [2.45, 2.75) is 58.4 Å². The number of hydrogen-bond donors (Lipinski definition) is 0. The van der Waals surface area contributed by atoms with E-state index >= 15 is 0 Å². The first-order valence-electron chi connectivity index (χ1n) is 11.5. The van der Waals surface area contributed by atoms with Crippen LogP contribution in [0.4, 0.5) is 0 Å². The topological polar surface area (TPSA) is 99.9 Å². The SMILES string of the molecule is CCCN(CC1CC1)C(=O)CN1CC2(CCN(S(C)(=O)=O)CC2)CC1c1nc(C)no1. The van der Waals surface area contributed by atoms with Gasteiger partial charge in [-0.3, -0.25) is 9.69 Å². The largest absolute Gasteiger partial charge is 0.341 e. The van der Waals surface area contributed by atoms with Gasteiger partial charge in [-0.05, 0) is 56.8 Å². The van der Waals surface area contributed by atoms with E-state index < -0.39 is 10.0 Å². The van der Waals surface area contributed by atoms with E-state index in [1.54, 1.807) is 11.2 Å². The molecule has 3 aliphatic rings. The maximum Gasteiger partial charge on any atom is 0.244 e. The van der Waals surface area contributed by atoms with Gasteiger partial charge >= 0.3 is 0 Å². The fraction of sp³-hybridized carbons (Fsp3) is 0.857. The summed E-state index contributed by atoms with van der Waals surface area (Å²) in [6.45, 7) is 7.72. The fourth-order valence-electron chi connectivity index (χ4n) is 5.13. The smallest absolute Gasteiger partial charge is 0.244 e. The normalized spacial score (nSPS) is 24.7. The highest BCUT2D eigenvalue weighted by Crippen LogP contribution is 2.48. The number of sulfonamides is 1. The first-order valence-corrected chi connectivity index (χ1v) is 13.3. The van der Waals surface area contributed by atoms with E-state index in [0.717, 1.165) is 45.3 Å². The summed E-state index contributed by atoms with van der Waals surface area (Å²) < 4.78 is 31.0. The Bertz CT molecular complexity index is 889. The first-order chi connectivity index (χ1) is 14.7. The Kier molecular flexibility index (Phi) is 6.42. The number of piperidine rings is 1. The Morgan fingerprint density at radius 2 is 2.00 bits per heavy atom. The molecule has 1 unspecified atom stereocenters. The molecule has 1 aromatic rings. The molecule has 0 radical (unpaired) electrons. The van der Waals surface area contributed by atoms with E-state index in [1.807, 2.05) is 4.90 Å². The monoisotopic (exact) mass is 453 g/mol. The Balaban J connectivity index is 1.49. The molecule has 4 rings (SSSR count). The molecule has 1 saturated carbocycles. The van der Waals surface area contributed by atoms with Crippen LogP contribution in [0.15, 0.2) is 4.52 Å². The molecule has 1 spiro atoms. The average Bonchev–Trinajstić information content (AvgIpc) is 3.32. The van der Waals surface area contributed by atoms with Crippen molar-refractivity contribution in [2.24, 2.45) is 11.3 Å². The lowest BCUT2D eigenvalue weighted by molar-refractivity contribution is -0.133. The van der Waals surface area contributed by atoms with Crippen molar-refractivity contribution in [2.75, 3.05) is 45.5 Å². The zero-order chi connectivity index (χ0) is 22.2. The zero-order valence-corrected chi connectivity index (χ0v) is 19.7. The highest BCUT2D eigenvalue weighted by Gasteiger charge is 2.49. The number of rotatable bonds is 8. The number of carbonyl (C=O) groups is 1. The van der Waals surface area contributed by atoms with Crippen LogP contribution in [0.25, 0.3) is 0 Å². The van der Waals surface area contributed by atoms with Crippen LogP contribution in [0.5, 0.6) is 0 Å². The minimum atomic E-state index is -3.17. The zero-order valence-electron chi connectivity index (χ0n) is 18.9. The molecule has 1 atom stereocenters. The third-order valence-electron chi connectivity index (χ3n) is 7.05. The average molecular weight is 454 g/mol. The van der Waals surface area contributed by atoms with Gasteiger partial charge in [-0.25, -0.2) is 12.7 Å². The van der Waals surface area contributed by atoms with Gasteiger partial charge in [0.05, 0.1) is 18.8 Å². The van der Waals surface area contributed by atoms with E-state index in [2.05, 4.69) is 22.0 Å². The molecule has 0 bridgehead atoms. The van der Waals surface area contributed by atoms with Crippen molar-refractivity contribution in [1.82, 2.24) is 24.2 Å². The summed E-state index contributed by atoms with van der Waals surface area (Å²) >= 11 is 0. The van der Waals surface area contributed by atoms with Gasteiger partial charge in [0.2, 0.25) is 21.8 Å². The lowest BCUT2D eigenvalue weighted by atomic mass is 9.77. The van der Waals surface area contributed by atoms with E-state index in [4.69, 9.17) is 4.52 Å². The van der Waals surface area contributed by atoms with Gasteiger partial charge in [0.25, 0.3) is 0 Å². The Hall–Kier alpha value is -1.52. The molecule has 3 heterocycles. The summed E-state index contributed by atoms with van der Waals surface area (Å²) in [7, 11) is -3.17. The molecule has 10 heteroatoms. The van der Waals surface area contributed by atoms with Crippen LogP contribution in [0, 0.1) is 18.3 Å². The van der Waals surface area contributed by atoms with Gasteiger partial charge in [-0.15, -0.1) is 0 Å². The molecule has 31 heavy (non-hydrogen) atoms. The molecular formula is C21H35N5O4S. The maximum atomic E-state index is 13.2. The molecule has 2 aliphatic heterocycles. The standard InChI is InChI=1S/C21H35N5O4S/c1-4-9-24(13-17-5-6-17)19(27)14-25-15-21(7-10-26(11-8-21)31(3,28)29)12-18(25)20-22-16(2)23-30-20/h17-18H,4-15H2,1-3H3. The highest BCUT2D eigenvalue weighted by molar-refractivity contribution is 7.88. The summed E-state index contributed by atoms with van der Waals surface area (Å²) in [6, 6.07) is -0.0978. The second kappa shape index (κ2) is 8.78. The number of aromatic nitrogens is 2. The number of nitrogens with zero attached hydrogens (tertiary/aromatic N) is 5. The van der Waals surface area contributed by atoms with Crippen LogP contribution in [-0.2, 0) is 14.8 Å². The third-order valence-corrected chi connectivity index (χ3v) is 8.35. The third kappa shape index (κ3) is 5.28. The second-order valence-corrected chi connectivity index (χ2v) is 11.7. The van der Waals surface area contributed by atoms with Gasteiger partial charge < -0.3 is 9.42 Å². The number of carbonyl (C=O) groups excluding carboxylic acids is 1. The van der Waals surface area contributed by atoms with Crippen LogP contribution < -0.4 is 0 Å².